The molecule has 0 bridgehead atoms. The zero-order valence-electron chi connectivity index (χ0n) is 12.6. The molecule has 3 aromatic rings. The number of hydrogen-bond donors (Lipinski definition) is 0. The van der Waals surface area contributed by atoms with E-state index in [2.05, 4.69) is 35.9 Å². The average Bonchev–Trinajstić information content (AvgIpc) is 3.00. The summed E-state index contributed by atoms with van der Waals surface area (Å²) in [6, 6.07) is 15.1. The summed E-state index contributed by atoms with van der Waals surface area (Å²) in [6.45, 7) is 5.06. The first-order chi connectivity index (χ1) is 10.7. The maximum atomic E-state index is 13.9. The number of hydrogen-bond acceptors (Lipinski definition) is 2. The molecule has 1 aromatic heterocycles. The van der Waals surface area contributed by atoms with Crippen molar-refractivity contribution in [3.05, 3.63) is 65.3 Å². The lowest BCUT2D eigenvalue weighted by Gasteiger charge is -2.14. The standard InChI is InChI=1S/C18H17FN2S/c1-3-21(17-11-7-4-8-13(17)2)18-20-16(12-22-18)14-9-5-6-10-15(14)19/h4-12H,3H2,1-2H3/p+1. The Kier molecular flexibility index (Phi) is 4.20. The molecule has 0 saturated carbocycles. The van der Waals surface area contributed by atoms with Gasteiger partial charge in [0.15, 0.2) is 0 Å². The molecular weight excluding hydrogens is 295 g/mol. The molecule has 0 aliphatic carbocycles. The molecule has 3 rings (SSSR count). The summed E-state index contributed by atoms with van der Waals surface area (Å²) in [5.41, 5.74) is 3.80. The number of para-hydroxylation sites is 1. The van der Waals surface area contributed by atoms with E-state index in [-0.39, 0.29) is 5.82 Å². The largest absolute Gasteiger partial charge is 0.339 e. The van der Waals surface area contributed by atoms with Gasteiger partial charge in [-0.05, 0) is 37.6 Å². The minimum Gasteiger partial charge on any atom is -0.230 e. The van der Waals surface area contributed by atoms with Crippen molar-refractivity contribution in [2.24, 2.45) is 0 Å². The SMILES string of the molecule is CCN(c1[nH+]c(-c2ccccc2F)cs1)c1ccccc1C. The lowest BCUT2D eigenvalue weighted by Crippen LogP contribution is -2.23. The van der Waals surface area contributed by atoms with Gasteiger partial charge in [0, 0.05) is 5.38 Å². The molecule has 0 aliphatic rings. The summed E-state index contributed by atoms with van der Waals surface area (Å²) in [4.78, 5) is 5.56. The minimum atomic E-state index is -0.206. The van der Waals surface area contributed by atoms with Crippen LogP contribution in [-0.4, -0.2) is 6.54 Å². The van der Waals surface area contributed by atoms with E-state index in [9.17, 15) is 4.39 Å². The molecule has 22 heavy (non-hydrogen) atoms. The summed E-state index contributed by atoms with van der Waals surface area (Å²) in [7, 11) is 0. The minimum absolute atomic E-state index is 0.206. The highest BCUT2D eigenvalue weighted by Gasteiger charge is 2.22. The Morgan fingerprint density at radius 2 is 1.82 bits per heavy atom. The Hall–Kier alpha value is -2.20. The molecule has 4 heteroatoms. The molecule has 0 saturated heterocycles. The fourth-order valence-electron chi connectivity index (χ4n) is 2.52. The predicted molar refractivity (Wildman–Crippen MR) is 90.1 cm³/mol. The van der Waals surface area contributed by atoms with E-state index in [4.69, 9.17) is 0 Å². The van der Waals surface area contributed by atoms with Gasteiger partial charge in [-0.15, -0.1) is 0 Å². The molecule has 0 aliphatic heterocycles. The molecule has 112 valence electrons. The van der Waals surface area contributed by atoms with Crippen LogP contribution in [0.25, 0.3) is 11.3 Å². The first-order valence-corrected chi connectivity index (χ1v) is 8.17. The maximum Gasteiger partial charge on any atom is 0.339 e. The van der Waals surface area contributed by atoms with Crippen molar-refractivity contribution in [3.63, 3.8) is 0 Å². The third-order valence-corrected chi connectivity index (χ3v) is 4.56. The number of rotatable bonds is 4. The van der Waals surface area contributed by atoms with Crippen LogP contribution in [0.4, 0.5) is 15.2 Å². The van der Waals surface area contributed by atoms with Crippen LogP contribution in [0.5, 0.6) is 0 Å². The number of nitrogens with one attached hydrogen (secondary N) is 1. The Morgan fingerprint density at radius 3 is 2.55 bits per heavy atom. The molecule has 0 fully saturated rings. The van der Waals surface area contributed by atoms with Crippen molar-refractivity contribution in [3.8, 4) is 11.3 Å². The summed E-state index contributed by atoms with van der Waals surface area (Å²) < 4.78 is 13.9. The number of aromatic amines is 1. The number of thiazole rings is 1. The number of H-pyrrole nitrogens is 1. The van der Waals surface area contributed by atoms with E-state index in [1.165, 1.54) is 17.3 Å². The second-order valence-corrected chi connectivity index (χ2v) is 5.95. The fraction of sp³-hybridized carbons (Fsp3) is 0.167. The fourth-order valence-corrected chi connectivity index (χ4v) is 3.46. The lowest BCUT2D eigenvalue weighted by atomic mass is 10.1. The number of nitrogens with zero attached hydrogens (tertiary/aromatic N) is 1. The Bertz CT molecular complexity index is 782. The van der Waals surface area contributed by atoms with Crippen molar-refractivity contribution in [1.82, 2.24) is 0 Å². The van der Waals surface area contributed by atoms with Gasteiger partial charge < -0.3 is 0 Å². The van der Waals surface area contributed by atoms with E-state index in [0.29, 0.717) is 5.56 Å². The average molecular weight is 313 g/mol. The van der Waals surface area contributed by atoms with Crippen LogP contribution in [0.3, 0.4) is 0 Å². The first-order valence-electron chi connectivity index (χ1n) is 7.29. The number of halogens is 1. The highest BCUT2D eigenvalue weighted by Crippen LogP contribution is 2.31. The van der Waals surface area contributed by atoms with E-state index in [1.807, 2.05) is 23.6 Å². The van der Waals surface area contributed by atoms with Gasteiger partial charge in [0.1, 0.15) is 17.2 Å². The van der Waals surface area contributed by atoms with Gasteiger partial charge in [0.05, 0.1) is 12.1 Å². The van der Waals surface area contributed by atoms with Gasteiger partial charge in [-0.1, -0.05) is 41.7 Å². The van der Waals surface area contributed by atoms with Gasteiger partial charge in [0.2, 0.25) is 0 Å². The van der Waals surface area contributed by atoms with E-state index >= 15 is 0 Å². The molecule has 0 atom stereocenters. The summed E-state index contributed by atoms with van der Waals surface area (Å²) in [5, 5.41) is 2.98. The van der Waals surface area contributed by atoms with Crippen molar-refractivity contribution in [2.75, 3.05) is 11.4 Å². The molecule has 0 unspecified atom stereocenters. The summed E-state index contributed by atoms with van der Waals surface area (Å²) in [6.07, 6.45) is 0. The highest BCUT2D eigenvalue weighted by molar-refractivity contribution is 7.13. The normalized spacial score (nSPS) is 10.7. The highest BCUT2D eigenvalue weighted by atomic mass is 32.1. The smallest absolute Gasteiger partial charge is 0.230 e. The number of aromatic nitrogens is 1. The monoisotopic (exact) mass is 313 g/mol. The summed E-state index contributed by atoms with van der Waals surface area (Å²) >= 11 is 1.59. The van der Waals surface area contributed by atoms with E-state index in [1.54, 1.807) is 23.5 Å². The van der Waals surface area contributed by atoms with Crippen molar-refractivity contribution >= 4 is 22.2 Å². The molecular formula is C18H18FN2S+. The number of aryl methyl sites for hydroxylation is 1. The topological polar surface area (TPSA) is 17.4 Å². The molecule has 0 radical (unpaired) electrons. The summed E-state index contributed by atoms with van der Waals surface area (Å²) in [5.74, 6) is -0.206. The van der Waals surface area contributed by atoms with E-state index < -0.39 is 0 Å². The van der Waals surface area contributed by atoms with Crippen LogP contribution in [0.1, 0.15) is 12.5 Å². The van der Waals surface area contributed by atoms with Crippen LogP contribution >= 0.6 is 11.3 Å². The predicted octanol–water partition coefficient (Wildman–Crippen LogP) is 4.83. The zero-order valence-corrected chi connectivity index (χ0v) is 13.5. The second kappa shape index (κ2) is 6.28. The van der Waals surface area contributed by atoms with Gasteiger partial charge in [-0.25, -0.2) is 14.3 Å². The van der Waals surface area contributed by atoms with Gasteiger partial charge in [0.25, 0.3) is 0 Å². The van der Waals surface area contributed by atoms with Gasteiger partial charge in [-0.2, -0.15) is 0 Å². The third-order valence-electron chi connectivity index (χ3n) is 3.66. The Labute approximate surface area is 133 Å². The molecule has 2 nitrogen and oxygen atoms in total. The van der Waals surface area contributed by atoms with Crippen LogP contribution in [-0.2, 0) is 0 Å². The first kappa shape index (κ1) is 14.7. The Balaban J connectivity index is 1.99. The molecule has 0 amide bonds. The Morgan fingerprint density at radius 1 is 1.09 bits per heavy atom. The van der Waals surface area contributed by atoms with Crippen molar-refractivity contribution in [2.45, 2.75) is 13.8 Å². The molecule has 2 aromatic carbocycles. The van der Waals surface area contributed by atoms with Crippen molar-refractivity contribution in [1.29, 1.82) is 0 Å². The van der Waals surface area contributed by atoms with Crippen molar-refractivity contribution < 1.29 is 9.37 Å². The molecule has 0 spiro atoms. The maximum absolute atomic E-state index is 13.9. The molecule has 1 N–H and O–H groups in total. The van der Waals surface area contributed by atoms with Gasteiger partial charge in [-0.3, -0.25) is 0 Å². The third kappa shape index (κ3) is 2.74. The van der Waals surface area contributed by atoms with Crippen LogP contribution in [0.2, 0.25) is 0 Å². The van der Waals surface area contributed by atoms with E-state index in [0.717, 1.165) is 17.4 Å². The zero-order chi connectivity index (χ0) is 15.5. The second-order valence-electron chi connectivity index (χ2n) is 5.09. The molecule has 1 heterocycles. The lowest BCUT2D eigenvalue weighted by molar-refractivity contribution is -0.343. The van der Waals surface area contributed by atoms with Crippen LogP contribution < -0.4 is 9.88 Å². The number of benzene rings is 2. The van der Waals surface area contributed by atoms with Crippen LogP contribution in [0.15, 0.2) is 53.9 Å². The van der Waals surface area contributed by atoms with Gasteiger partial charge >= 0.3 is 5.13 Å². The van der Waals surface area contributed by atoms with Crippen LogP contribution in [0, 0.1) is 12.7 Å². The quantitative estimate of drug-likeness (QED) is 0.674. The number of anilines is 2.